The Morgan fingerprint density at radius 3 is 2.81 bits per heavy atom. The Balaban J connectivity index is 2.28. The smallest absolute Gasteiger partial charge is 0.243 e. The van der Waals surface area contributed by atoms with Crippen LogP contribution in [0.4, 0.5) is 0 Å². The zero-order chi connectivity index (χ0) is 15.5. The molecule has 1 aromatic heterocycles. The van der Waals surface area contributed by atoms with Crippen LogP contribution in [0.2, 0.25) is 5.02 Å². The van der Waals surface area contributed by atoms with Crippen LogP contribution in [0.15, 0.2) is 34.0 Å². The van der Waals surface area contributed by atoms with Crippen LogP contribution in [-0.2, 0) is 23.1 Å². The van der Waals surface area contributed by atoms with Crippen molar-refractivity contribution in [3.8, 4) is 0 Å². The SMILES string of the molecule is CNCc1cc(S(=O)(=O)N(C)Cc2cscn2)ccc1Cl. The number of thiazole rings is 1. The molecule has 0 aliphatic heterocycles. The van der Waals surface area contributed by atoms with Gasteiger partial charge in [0.15, 0.2) is 0 Å². The molecular formula is C13H16ClN3O2S2. The Bertz CT molecular complexity index is 702. The minimum atomic E-state index is -3.56. The van der Waals surface area contributed by atoms with E-state index in [-0.39, 0.29) is 11.4 Å². The van der Waals surface area contributed by atoms with Crippen molar-refractivity contribution in [1.29, 1.82) is 0 Å². The van der Waals surface area contributed by atoms with Gasteiger partial charge in [0.05, 0.1) is 22.6 Å². The van der Waals surface area contributed by atoms with Gasteiger partial charge in [-0.15, -0.1) is 11.3 Å². The highest BCUT2D eigenvalue weighted by Crippen LogP contribution is 2.23. The lowest BCUT2D eigenvalue weighted by Gasteiger charge is -2.17. The van der Waals surface area contributed by atoms with Gasteiger partial charge in [0, 0.05) is 24.0 Å². The van der Waals surface area contributed by atoms with E-state index in [2.05, 4.69) is 10.3 Å². The number of aromatic nitrogens is 1. The van der Waals surface area contributed by atoms with Crippen molar-refractivity contribution in [3.05, 3.63) is 45.4 Å². The quantitative estimate of drug-likeness (QED) is 0.872. The summed E-state index contributed by atoms with van der Waals surface area (Å²) in [5, 5.41) is 5.35. The number of nitrogens with zero attached hydrogens (tertiary/aromatic N) is 2. The first-order valence-electron chi connectivity index (χ1n) is 6.21. The molecule has 0 fully saturated rings. The van der Waals surface area contributed by atoms with Gasteiger partial charge in [-0.3, -0.25) is 0 Å². The summed E-state index contributed by atoms with van der Waals surface area (Å²) in [7, 11) is -0.235. The van der Waals surface area contributed by atoms with Gasteiger partial charge in [-0.05, 0) is 30.8 Å². The molecule has 21 heavy (non-hydrogen) atoms. The van der Waals surface area contributed by atoms with Crippen molar-refractivity contribution >= 4 is 33.0 Å². The Morgan fingerprint density at radius 1 is 1.43 bits per heavy atom. The van der Waals surface area contributed by atoms with Crippen LogP contribution in [0.1, 0.15) is 11.3 Å². The standard InChI is InChI=1S/C13H16ClN3O2S2/c1-15-6-10-5-12(3-4-13(10)14)21(18,19)17(2)7-11-8-20-9-16-11/h3-5,8-9,15H,6-7H2,1-2H3. The second kappa shape index (κ2) is 6.85. The van der Waals surface area contributed by atoms with E-state index >= 15 is 0 Å². The second-order valence-corrected chi connectivity index (χ2v) is 7.70. The van der Waals surface area contributed by atoms with Gasteiger partial charge < -0.3 is 5.32 Å². The highest BCUT2D eigenvalue weighted by Gasteiger charge is 2.22. The molecular weight excluding hydrogens is 330 g/mol. The lowest BCUT2D eigenvalue weighted by atomic mass is 10.2. The largest absolute Gasteiger partial charge is 0.316 e. The molecule has 0 saturated heterocycles. The van der Waals surface area contributed by atoms with Crippen LogP contribution in [0.5, 0.6) is 0 Å². The molecule has 0 amide bonds. The van der Waals surface area contributed by atoms with E-state index in [1.54, 1.807) is 31.7 Å². The van der Waals surface area contributed by atoms with Gasteiger partial charge in [-0.1, -0.05) is 11.6 Å². The Kier molecular flexibility index (Phi) is 5.34. The van der Waals surface area contributed by atoms with Crippen LogP contribution in [0.25, 0.3) is 0 Å². The third kappa shape index (κ3) is 3.81. The number of sulfonamides is 1. The Labute approximate surface area is 133 Å². The number of benzene rings is 1. The first kappa shape index (κ1) is 16.4. The maximum absolute atomic E-state index is 12.6. The van der Waals surface area contributed by atoms with E-state index in [0.29, 0.717) is 11.6 Å². The fraction of sp³-hybridized carbons (Fsp3) is 0.308. The van der Waals surface area contributed by atoms with E-state index in [1.807, 2.05) is 5.38 Å². The third-order valence-electron chi connectivity index (χ3n) is 2.96. The highest BCUT2D eigenvalue weighted by atomic mass is 35.5. The van der Waals surface area contributed by atoms with E-state index < -0.39 is 10.0 Å². The number of hydrogen-bond donors (Lipinski definition) is 1. The Morgan fingerprint density at radius 2 is 2.19 bits per heavy atom. The average Bonchev–Trinajstić information content (AvgIpc) is 2.94. The molecule has 2 rings (SSSR count). The van der Waals surface area contributed by atoms with Crippen LogP contribution < -0.4 is 5.32 Å². The van der Waals surface area contributed by atoms with Gasteiger partial charge in [-0.2, -0.15) is 4.31 Å². The predicted octanol–water partition coefficient (Wildman–Crippen LogP) is 2.34. The van der Waals surface area contributed by atoms with Gasteiger partial charge in [0.1, 0.15) is 0 Å². The second-order valence-electron chi connectivity index (χ2n) is 4.52. The maximum atomic E-state index is 12.6. The van der Waals surface area contributed by atoms with Crippen molar-refractivity contribution in [2.24, 2.45) is 0 Å². The first-order valence-corrected chi connectivity index (χ1v) is 8.97. The molecule has 8 heteroatoms. The van der Waals surface area contributed by atoms with Gasteiger partial charge in [0.25, 0.3) is 0 Å². The molecule has 1 heterocycles. The molecule has 0 aliphatic rings. The maximum Gasteiger partial charge on any atom is 0.243 e. The summed E-state index contributed by atoms with van der Waals surface area (Å²) < 4.78 is 26.4. The summed E-state index contributed by atoms with van der Waals surface area (Å²) >= 11 is 7.50. The molecule has 1 N–H and O–H groups in total. The highest BCUT2D eigenvalue weighted by molar-refractivity contribution is 7.89. The van der Waals surface area contributed by atoms with Crippen LogP contribution in [0.3, 0.4) is 0 Å². The average molecular weight is 346 g/mol. The molecule has 0 atom stereocenters. The monoisotopic (exact) mass is 345 g/mol. The molecule has 2 aromatic rings. The van der Waals surface area contributed by atoms with Gasteiger partial charge >= 0.3 is 0 Å². The fourth-order valence-electron chi connectivity index (χ4n) is 1.85. The zero-order valence-corrected chi connectivity index (χ0v) is 14.1. The third-order valence-corrected chi connectivity index (χ3v) is 5.76. The molecule has 0 saturated carbocycles. The lowest BCUT2D eigenvalue weighted by molar-refractivity contribution is 0.463. The minimum absolute atomic E-state index is 0.231. The van der Waals surface area contributed by atoms with E-state index in [4.69, 9.17) is 11.6 Å². The summed E-state index contributed by atoms with van der Waals surface area (Å²) in [5.41, 5.74) is 3.17. The van der Waals surface area contributed by atoms with Gasteiger partial charge in [-0.25, -0.2) is 13.4 Å². The van der Waals surface area contributed by atoms with Gasteiger partial charge in [0.2, 0.25) is 10.0 Å². The summed E-state index contributed by atoms with van der Waals surface area (Å²) in [6.07, 6.45) is 0. The predicted molar refractivity (Wildman–Crippen MR) is 85.0 cm³/mol. The van der Waals surface area contributed by atoms with E-state index in [0.717, 1.165) is 11.3 Å². The lowest BCUT2D eigenvalue weighted by Crippen LogP contribution is -2.26. The summed E-state index contributed by atoms with van der Waals surface area (Å²) in [5.74, 6) is 0. The first-order chi connectivity index (χ1) is 9.95. The topological polar surface area (TPSA) is 62.3 Å². The Hall–Kier alpha value is -0.990. The van der Waals surface area contributed by atoms with Crippen LogP contribution in [0, 0.1) is 0 Å². The van der Waals surface area contributed by atoms with E-state index in [9.17, 15) is 8.42 Å². The van der Waals surface area contributed by atoms with Crippen molar-refractivity contribution in [3.63, 3.8) is 0 Å². The number of nitrogens with one attached hydrogen (secondary N) is 1. The number of halogens is 1. The number of rotatable bonds is 6. The zero-order valence-electron chi connectivity index (χ0n) is 11.7. The molecule has 0 radical (unpaired) electrons. The van der Waals surface area contributed by atoms with Crippen LogP contribution in [-0.4, -0.2) is 31.8 Å². The number of hydrogen-bond acceptors (Lipinski definition) is 5. The molecule has 1 aromatic carbocycles. The molecule has 0 bridgehead atoms. The van der Waals surface area contributed by atoms with Crippen molar-refractivity contribution in [2.45, 2.75) is 18.0 Å². The molecule has 0 spiro atoms. The molecule has 0 unspecified atom stereocenters. The molecule has 5 nitrogen and oxygen atoms in total. The summed E-state index contributed by atoms with van der Waals surface area (Å²) in [6.45, 7) is 0.758. The summed E-state index contributed by atoms with van der Waals surface area (Å²) in [4.78, 5) is 4.34. The van der Waals surface area contributed by atoms with Crippen LogP contribution >= 0.6 is 22.9 Å². The molecule has 114 valence electrons. The van der Waals surface area contributed by atoms with Crippen molar-refractivity contribution in [1.82, 2.24) is 14.6 Å². The minimum Gasteiger partial charge on any atom is -0.316 e. The molecule has 0 aliphatic carbocycles. The fourth-order valence-corrected chi connectivity index (χ4v) is 3.77. The van der Waals surface area contributed by atoms with Crippen molar-refractivity contribution < 1.29 is 8.42 Å². The summed E-state index contributed by atoms with van der Waals surface area (Å²) in [6, 6.07) is 4.73. The van der Waals surface area contributed by atoms with Crippen molar-refractivity contribution in [2.75, 3.05) is 14.1 Å². The normalized spacial score (nSPS) is 12.0. The van der Waals surface area contributed by atoms with E-state index in [1.165, 1.54) is 21.7 Å².